The average Bonchev–Trinajstić information content (AvgIpc) is 2.87. The van der Waals surface area contributed by atoms with E-state index in [1.54, 1.807) is 5.51 Å². The van der Waals surface area contributed by atoms with E-state index < -0.39 is 0 Å². The Morgan fingerprint density at radius 1 is 1.56 bits per heavy atom. The fourth-order valence-corrected chi connectivity index (χ4v) is 2.66. The van der Waals surface area contributed by atoms with E-state index in [-0.39, 0.29) is 11.3 Å². The molecule has 0 aromatic carbocycles. The molecule has 0 bridgehead atoms. The van der Waals surface area contributed by atoms with Gasteiger partial charge in [-0.3, -0.25) is 4.79 Å². The molecule has 1 amide bonds. The number of carbonyl (C=O) groups excluding carboxylic acids is 1. The van der Waals surface area contributed by atoms with Crippen molar-refractivity contribution in [3.63, 3.8) is 0 Å². The van der Waals surface area contributed by atoms with Crippen LogP contribution in [0.1, 0.15) is 37.7 Å². The van der Waals surface area contributed by atoms with Gasteiger partial charge in [0.15, 0.2) is 0 Å². The molecule has 0 radical (unpaired) electrons. The lowest BCUT2D eigenvalue weighted by Crippen LogP contribution is -2.31. The molecule has 16 heavy (non-hydrogen) atoms. The van der Waals surface area contributed by atoms with E-state index >= 15 is 0 Å². The second-order valence-corrected chi connectivity index (χ2v) is 6.20. The van der Waals surface area contributed by atoms with Gasteiger partial charge in [-0.05, 0) is 17.8 Å². The number of thiazole rings is 1. The number of likely N-dealkylation sites (tertiary alicyclic amines) is 1. The Kier molecular flexibility index (Phi) is 3.02. The minimum absolute atomic E-state index is 0.0907. The largest absolute Gasteiger partial charge is 0.337 e. The second kappa shape index (κ2) is 4.17. The second-order valence-electron chi connectivity index (χ2n) is 5.48. The Hall–Kier alpha value is -0.900. The van der Waals surface area contributed by atoms with Crippen LogP contribution in [0.4, 0.5) is 0 Å². The summed E-state index contributed by atoms with van der Waals surface area (Å²) in [6.07, 6.45) is 1.11. The zero-order valence-corrected chi connectivity index (χ0v) is 10.9. The predicted octanol–water partition coefficient (Wildman–Crippen LogP) is 2.65. The van der Waals surface area contributed by atoms with Gasteiger partial charge in [-0.15, -0.1) is 11.3 Å². The third-order valence-electron chi connectivity index (χ3n) is 3.35. The lowest BCUT2D eigenvalue weighted by atomic mass is 9.80. The third-order valence-corrected chi connectivity index (χ3v) is 3.94. The van der Waals surface area contributed by atoms with Crippen LogP contribution in [-0.4, -0.2) is 28.9 Å². The summed E-state index contributed by atoms with van der Waals surface area (Å²) in [6.45, 7) is 8.48. The molecule has 0 saturated carbocycles. The minimum Gasteiger partial charge on any atom is -0.337 e. The quantitative estimate of drug-likeness (QED) is 0.753. The Bertz CT molecular complexity index is 367. The fourth-order valence-electron chi connectivity index (χ4n) is 2.13. The molecule has 3 nitrogen and oxygen atoms in total. The molecule has 0 aliphatic carbocycles. The highest BCUT2D eigenvalue weighted by Gasteiger charge is 2.34. The van der Waals surface area contributed by atoms with Crippen LogP contribution in [-0.2, 0) is 0 Å². The van der Waals surface area contributed by atoms with Gasteiger partial charge < -0.3 is 4.90 Å². The third kappa shape index (κ3) is 2.26. The highest BCUT2D eigenvalue weighted by atomic mass is 32.1. The summed E-state index contributed by atoms with van der Waals surface area (Å²) in [4.78, 5) is 18.1. The Balaban J connectivity index is 2.02. The number of rotatable bonds is 1. The number of nitrogens with zero attached hydrogens (tertiary/aromatic N) is 2. The SMILES string of the molecule is CC(C)(C)C1CCN(C(=O)c2cscn2)C1. The molecule has 1 aromatic heterocycles. The molecule has 4 heteroatoms. The van der Waals surface area contributed by atoms with E-state index in [0.717, 1.165) is 19.5 Å². The molecule has 2 rings (SSSR count). The smallest absolute Gasteiger partial charge is 0.273 e. The van der Waals surface area contributed by atoms with Crippen LogP contribution in [0.2, 0.25) is 0 Å². The van der Waals surface area contributed by atoms with E-state index in [1.807, 2.05) is 10.3 Å². The van der Waals surface area contributed by atoms with Gasteiger partial charge >= 0.3 is 0 Å². The first-order chi connectivity index (χ1) is 7.48. The summed E-state index contributed by atoms with van der Waals surface area (Å²) in [5.41, 5.74) is 2.60. The van der Waals surface area contributed by atoms with Crippen molar-refractivity contribution in [2.45, 2.75) is 27.2 Å². The molecule has 1 aliphatic rings. The first-order valence-corrected chi connectivity index (χ1v) is 6.60. The van der Waals surface area contributed by atoms with E-state index in [2.05, 4.69) is 25.8 Å². The van der Waals surface area contributed by atoms with Crippen molar-refractivity contribution in [2.75, 3.05) is 13.1 Å². The maximum absolute atomic E-state index is 12.1. The number of hydrogen-bond donors (Lipinski definition) is 0. The highest BCUT2D eigenvalue weighted by molar-refractivity contribution is 7.07. The van der Waals surface area contributed by atoms with Crippen LogP contribution >= 0.6 is 11.3 Å². The van der Waals surface area contributed by atoms with Gasteiger partial charge in [-0.1, -0.05) is 20.8 Å². The summed E-state index contributed by atoms with van der Waals surface area (Å²) < 4.78 is 0. The normalized spacial score (nSPS) is 21.4. The molecule has 1 saturated heterocycles. The summed E-state index contributed by atoms with van der Waals surface area (Å²) in [5, 5.41) is 1.83. The lowest BCUT2D eigenvalue weighted by Gasteiger charge is -2.26. The first kappa shape index (κ1) is 11.6. The van der Waals surface area contributed by atoms with Crippen LogP contribution in [0.25, 0.3) is 0 Å². The molecular formula is C12H18N2OS. The van der Waals surface area contributed by atoms with Gasteiger partial charge in [0.1, 0.15) is 5.69 Å². The topological polar surface area (TPSA) is 33.2 Å². The van der Waals surface area contributed by atoms with Crippen molar-refractivity contribution in [1.29, 1.82) is 0 Å². The van der Waals surface area contributed by atoms with Crippen LogP contribution in [0, 0.1) is 11.3 Å². The Morgan fingerprint density at radius 3 is 2.81 bits per heavy atom. The predicted molar refractivity (Wildman–Crippen MR) is 65.6 cm³/mol. The zero-order valence-electron chi connectivity index (χ0n) is 10.1. The summed E-state index contributed by atoms with van der Waals surface area (Å²) >= 11 is 1.47. The van der Waals surface area contributed by atoms with Crippen molar-refractivity contribution in [3.8, 4) is 0 Å². The van der Waals surface area contributed by atoms with Crippen molar-refractivity contribution >= 4 is 17.2 Å². The molecule has 1 unspecified atom stereocenters. The molecular weight excluding hydrogens is 220 g/mol. The summed E-state index contributed by atoms with van der Waals surface area (Å²) in [5.74, 6) is 0.697. The van der Waals surface area contributed by atoms with Gasteiger partial charge in [0, 0.05) is 18.5 Å². The molecule has 1 aliphatic heterocycles. The molecule has 0 spiro atoms. The van der Waals surface area contributed by atoms with E-state index in [9.17, 15) is 4.79 Å². The maximum atomic E-state index is 12.1. The monoisotopic (exact) mass is 238 g/mol. The van der Waals surface area contributed by atoms with Crippen molar-refractivity contribution in [2.24, 2.45) is 11.3 Å². The molecule has 88 valence electrons. The van der Waals surface area contributed by atoms with E-state index in [4.69, 9.17) is 0 Å². The summed E-state index contributed by atoms with van der Waals surface area (Å²) in [6, 6.07) is 0. The van der Waals surface area contributed by atoms with Crippen molar-refractivity contribution in [1.82, 2.24) is 9.88 Å². The molecule has 2 heterocycles. The van der Waals surface area contributed by atoms with Crippen LogP contribution in [0.3, 0.4) is 0 Å². The van der Waals surface area contributed by atoms with Crippen LogP contribution < -0.4 is 0 Å². The zero-order chi connectivity index (χ0) is 11.8. The van der Waals surface area contributed by atoms with Gasteiger partial charge in [0.05, 0.1) is 5.51 Å². The lowest BCUT2D eigenvalue weighted by molar-refractivity contribution is 0.0771. The number of aromatic nitrogens is 1. The van der Waals surface area contributed by atoms with Crippen molar-refractivity contribution in [3.05, 3.63) is 16.6 Å². The Morgan fingerprint density at radius 2 is 2.31 bits per heavy atom. The molecule has 1 fully saturated rings. The van der Waals surface area contributed by atoms with Crippen molar-refractivity contribution < 1.29 is 4.79 Å². The van der Waals surface area contributed by atoms with Gasteiger partial charge in [-0.2, -0.15) is 0 Å². The van der Waals surface area contributed by atoms with Gasteiger partial charge in [0.2, 0.25) is 0 Å². The number of amides is 1. The molecule has 1 aromatic rings. The molecule has 1 atom stereocenters. The average molecular weight is 238 g/mol. The standard InChI is InChI=1S/C12H18N2OS/c1-12(2,3)9-4-5-14(6-9)11(15)10-7-16-8-13-10/h7-9H,4-6H2,1-3H3. The maximum Gasteiger partial charge on any atom is 0.273 e. The van der Waals surface area contributed by atoms with E-state index in [1.165, 1.54) is 11.3 Å². The number of carbonyl (C=O) groups is 1. The minimum atomic E-state index is 0.0907. The highest BCUT2D eigenvalue weighted by Crippen LogP contribution is 2.33. The van der Waals surface area contributed by atoms with E-state index in [0.29, 0.717) is 11.6 Å². The van der Waals surface area contributed by atoms with Crippen LogP contribution in [0.15, 0.2) is 10.9 Å². The van der Waals surface area contributed by atoms with Crippen LogP contribution in [0.5, 0.6) is 0 Å². The summed E-state index contributed by atoms with van der Waals surface area (Å²) in [7, 11) is 0. The number of hydrogen-bond acceptors (Lipinski definition) is 3. The Labute approximate surface area is 100 Å². The van der Waals surface area contributed by atoms with Gasteiger partial charge in [0.25, 0.3) is 5.91 Å². The molecule has 0 N–H and O–H groups in total. The fraction of sp³-hybridized carbons (Fsp3) is 0.667. The first-order valence-electron chi connectivity index (χ1n) is 5.66. The van der Waals surface area contributed by atoms with Gasteiger partial charge in [-0.25, -0.2) is 4.98 Å².